The molecule has 2 aromatic rings. The molecule has 3 rings (SSSR count). The molecule has 0 saturated heterocycles. The van der Waals surface area contributed by atoms with Gasteiger partial charge in [0.05, 0.1) is 11.9 Å². The van der Waals surface area contributed by atoms with Crippen LogP contribution in [0.5, 0.6) is 0 Å². The van der Waals surface area contributed by atoms with Crippen LogP contribution in [0.3, 0.4) is 0 Å². The molecule has 0 unspecified atom stereocenters. The number of H-pyrrole nitrogens is 1. The van der Waals surface area contributed by atoms with E-state index < -0.39 is 0 Å². The van der Waals surface area contributed by atoms with Gasteiger partial charge in [0.1, 0.15) is 6.67 Å². The van der Waals surface area contributed by atoms with E-state index in [4.69, 9.17) is 18.1 Å². The van der Waals surface area contributed by atoms with Crippen LogP contribution in [0.4, 0.5) is 0 Å². The average molecular weight is 260 g/mol. The number of nitrogens with zero attached hydrogens (tertiary/aromatic N) is 4. The average Bonchev–Trinajstić information content (AvgIpc) is 2.71. The fraction of sp³-hybridized carbons (Fsp3) is 0.182. The summed E-state index contributed by atoms with van der Waals surface area (Å²) < 4.78 is 1.79. The summed E-state index contributed by atoms with van der Waals surface area (Å²) in [5.41, 5.74) is 0. The summed E-state index contributed by atoms with van der Waals surface area (Å²) in [5, 5.41) is 8.86. The molecule has 0 fully saturated rings. The van der Waals surface area contributed by atoms with Gasteiger partial charge in [0.2, 0.25) is 4.77 Å². The van der Waals surface area contributed by atoms with Crippen LogP contribution in [0.2, 0.25) is 0 Å². The van der Waals surface area contributed by atoms with E-state index in [1.54, 1.807) is 0 Å². The summed E-state index contributed by atoms with van der Waals surface area (Å²) in [5.74, 6) is 6.45. The van der Waals surface area contributed by atoms with Crippen LogP contribution in [-0.4, -0.2) is 26.4 Å². The molecule has 1 aromatic heterocycles. The number of nitrogen functional groups attached to an aromatic ring is 1. The molecule has 0 spiro atoms. The van der Waals surface area contributed by atoms with E-state index >= 15 is 0 Å². The molecule has 1 aromatic carbocycles. The lowest BCUT2D eigenvalue weighted by atomic mass is 10.2. The van der Waals surface area contributed by atoms with Crippen LogP contribution in [0.1, 0.15) is 5.82 Å². The number of hydrogen-bond acceptors (Lipinski definition) is 5. The van der Waals surface area contributed by atoms with Crippen molar-refractivity contribution < 1.29 is 0 Å². The van der Waals surface area contributed by atoms with Gasteiger partial charge in [-0.2, -0.15) is 5.10 Å². The molecule has 0 bridgehead atoms. The molecular formula is C11H12N6S. The second-order valence-electron chi connectivity index (χ2n) is 4.05. The Morgan fingerprint density at radius 2 is 2.22 bits per heavy atom. The number of nitrogens with one attached hydrogen (secondary N) is 1. The maximum Gasteiger partial charge on any atom is 0.214 e. The molecule has 0 atom stereocenters. The lowest BCUT2D eigenvalue weighted by Gasteiger charge is -2.19. The Kier molecular flexibility index (Phi) is 2.60. The fourth-order valence-corrected chi connectivity index (χ4v) is 2.02. The van der Waals surface area contributed by atoms with Crippen molar-refractivity contribution in [3.05, 3.63) is 45.4 Å². The zero-order valence-corrected chi connectivity index (χ0v) is 10.4. The van der Waals surface area contributed by atoms with Gasteiger partial charge in [-0.05, 0) is 18.3 Å². The van der Waals surface area contributed by atoms with E-state index in [9.17, 15) is 0 Å². The van der Waals surface area contributed by atoms with Gasteiger partial charge in [-0.1, -0.05) is 18.2 Å². The SMILES string of the molecule is Nn1c(CN2C=c3ccccc3=NC2)n[nH]c1=S. The number of para-hydroxylation sites is 1. The monoisotopic (exact) mass is 260 g/mol. The zero-order valence-electron chi connectivity index (χ0n) is 9.58. The molecule has 0 amide bonds. The van der Waals surface area contributed by atoms with Crippen molar-refractivity contribution in [3.8, 4) is 0 Å². The Labute approximate surface area is 108 Å². The van der Waals surface area contributed by atoms with Crippen molar-refractivity contribution in [1.29, 1.82) is 0 Å². The third-order valence-corrected chi connectivity index (χ3v) is 3.09. The number of aromatic nitrogens is 3. The molecule has 0 radical (unpaired) electrons. The maximum absolute atomic E-state index is 5.76. The predicted molar refractivity (Wildman–Crippen MR) is 69.7 cm³/mol. The van der Waals surface area contributed by atoms with Crippen LogP contribution >= 0.6 is 12.2 Å². The van der Waals surface area contributed by atoms with Crippen LogP contribution in [0.25, 0.3) is 6.20 Å². The Morgan fingerprint density at radius 3 is 3.00 bits per heavy atom. The Bertz CT molecular complexity index is 743. The van der Waals surface area contributed by atoms with Crippen LogP contribution < -0.4 is 16.4 Å². The molecule has 0 aliphatic carbocycles. The van der Waals surface area contributed by atoms with Crippen molar-refractivity contribution >= 4 is 18.4 Å². The largest absolute Gasteiger partial charge is 0.350 e. The maximum atomic E-state index is 5.76. The van der Waals surface area contributed by atoms with Crippen LogP contribution in [0, 0.1) is 4.77 Å². The second-order valence-corrected chi connectivity index (χ2v) is 4.44. The van der Waals surface area contributed by atoms with E-state index in [2.05, 4.69) is 21.4 Å². The lowest BCUT2D eigenvalue weighted by Crippen LogP contribution is -2.36. The van der Waals surface area contributed by atoms with E-state index in [-0.39, 0.29) is 0 Å². The van der Waals surface area contributed by atoms with Crippen molar-refractivity contribution in [2.45, 2.75) is 6.54 Å². The highest BCUT2D eigenvalue weighted by atomic mass is 32.1. The van der Waals surface area contributed by atoms with Gasteiger partial charge in [-0.15, -0.1) is 0 Å². The number of nitrogens with two attached hydrogens (primary N) is 1. The number of benzene rings is 1. The molecule has 3 N–H and O–H groups in total. The molecule has 7 heteroatoms. The predicted octanol–water partition coefficient (Wildman–Crippen LogP) is -0.515. The molecule has 6 nitrogen and oxygen atoms in total. The van der Waals surface area contributed by atoms with Gasteiger partial charge in [0.15, 0.2) is 5.82 Å². The van der Waals surface area contributed by atoms with Crippen molar-refractivity contribution in [3.63, 3.8) is 0 Å². The van der Waals surface area contributed by atoms with Gasteiger partial charge < -0.3 is 10.7 Å². The summed E-state index contributed by atoms with van der Waals surface area (Å²) in [7, 11) is 0. The van der Waals surface area contributed by atoms with E-state index in [0.29, 0.717) is 23.8 Å². The summed E-state index contributed by atoms with van der Waals surface area (Å²) in [6.07, 6.45) is 2.06. The number of hydrogen-bond donors (Lipinski definition) is 2. The second kappa shape index (κ2) is 4.26. The molecule has 92 valence electrons. The van der Waals surface area contributed by atoms with Gasteiger partial charge in [0, 0.05) is 11.4 Å². The fourth-order valence-electron chi connectivity index (χ4n) is 1.87. The Morgan fingerprint density at radius 1 is 1.39 bits per heavy atom. The molecule has 2 heterocycles. The Balaban J connectivity index is 1.91. The topological polar surface area (TPSA) is 75.2 Å². The summed E-state index contributed by atoms with van der Waals surface area (Å²) in [6.45, 7) is 1.16. The summed E-state index contributed by atoms with van der Waals surface area (Å²) in [6, 6.07) is 8.01. The minimum Gasteiger partial charge on any atom is -0.350 e. The highest BCUT2D eigenvalue weighted by Gasteiger charge is 2.09. The molecule has 0 saturated carbocycles. The first kappa shape index (κ1) is 11.0. The van der Waals surface area contributed by atoms with Crippen LogP contribution in [-0.2, 0) is 6.54 Å². The third-order valence-electron chi connectivity index (χ3n) is 2.80. The van der Waals surface area contributed by atoms with Gasteiger partial charge >= 0.3 is 0 Å². The smallest absolute Gasteiger partial charge is 0.214 e. The first-order valence-corrected chi connectivity index (χ1v) is 5.92. The standard InChI is InChI=1S/C11H12N6S/c12-17-10(14-15-11(17)18)6-16-5-8-3-1-2-4-9(8)13-7-16/h1-5H,6-7,12H2,(H,15,18). The van der Waals surface area contributed by atoms with E-state index in [0.717, 1.165) is 10.6 Å². The van der Waals surface area contributed by atoms with Crippen molar-refractivity contribution in [1.82, 2.24) is 19.8 Å². The normalized spacial score (nSPS) is 13.7. The highest BCUT2D eigenvalue weighted by Crippen LogP contribution is 2.01. The summed E-state index contributed by atoms with van der Waals surface area (Å²) >= 11 is 4.97. The van der Waals surface area contributed by atoms with E-state index in [1.165, 1.54) is 4.68 Å². The minimum absolute atomic E-state index is 0.416. The van der Waals surface area contributed by atoms with Crippen molar-refractivity contribution in [2.24, 2.45) is 4.99 Å². The van der Waals surface area contributed by atoms with Gasteiger partial charge in [-0.25, -0.2) is 4.68 Å². The zero-order chi connectivity index (χ0) is 12.5. The van der Waals surface area contributed by atoms with Crippen LogP contribution in [0.15, 0.2) is 29.3 Å². The Hall–Kier alpha value is -2.15. The minimum atomic E-state index is 0.416. The highest BCUT2D eigenvalue weighted by molar-refractivity contribution is 7.71. The first-order valence-electron chi connectivity index (χ1n) is 5.51. The summed E-state index contributed by atoms with van der Waals surface area (Å²) in [4.78, 5) is 6.53. The number of aromatic amines is 1. The number of rotatable bonds is 2. The quantitative estimate of drug-likeness (QED) is 0.563. The molecule has 1 aliphatic rings. The van der Waals surface area contributed by atoms with Crippen molar-refractivity contribution in [2.75, 3.05) is 12.5 Å². The van der Waals surface area contributed by atoms with E-state index in [1.807, 2.05) is 29.2 Å². The molecular weight excluding hydrogens is 248 g/mol. The lowest BCUT2D eigenvalue weighted by molar-refractivity contribution is 0.391. The molecule has 1 aliphatic heterocycles. The van der Waals surface area contributed by atoms with Gasteiger partial charge in [-0.3, -0.25) is 10.1 Å². The number of fused-ring (bicyclic) bond motifs is 1. The molecule has 18 heavy (non-hydrogen) atoms. The van der Waals surface area contributed by atoms with Gasteiger partial charge in [0.25, 0.3) is 0 Å². The third kappa shape index (κ3) is 1.88. The first-order chi connectivity index (χ1) is 8.74.